The quantitative estimate of drug-likeness (QED) is 0.522. The molecule has 0 fully saturated rings. The molecule has 1 rings (SSSR count). The molecule has 82 valence electrons. The van der Waals surface area contributed by atoms with Gasteiger partial charge in [-0.25, -0.2) is 0 Å². The molecule has 0 saturated heterocycles. The topological polar surface area (TPSA) is 0 Å². The summed E-state index contributed by atoms with van der Waals surface area (Å²) in [4.78, 5) is 0. The molecule has 0 bridgehead atoms. The van der Waals surface area contributed by atoms with E-state index < -0.39 is 0 Å². The molecule has 0 radical (unpaired) electrons. The molecule has 0 nitrogen and oxygen atoms in total. The molecule has 0 atom stereocenters. The zero-order chi connectivity index (χ0) is 11.5. The zero-order valence-electron chi connectivity index (χ0n) is 9.92. The molecule has 0 spiro atoms. The summed E-state index contributed by atoms with van der Waals surface area (Å²) in [5, 5.41) is 0. The highest BCUT2D eigenvalue weighted by atomic mass is 13.8. The third-order valence-corrected chi connectivity index (χ3v) is 2.16. The van der Waals surface area contributed by atoms with Crippen LogP contribution in [0.15, 0.2) is 30.3 Å². The molecule has 0 saturated carbocycles. The van der Waals surface area contributed by atoms with Gasteiger partial charge in [0.05, 0.1) is 0 Å². The molecule has 16 heavy (non-hydrogen) atoms. The minimum absolute atomic E-state index is 0.869. The predicted molar refractivity (Wildman–Crippen MR) is 69.9 cm³/mol. The smallest absolute Gasteiger partial charge is 0.0245 e. The highest BCUT2D eigenvalue weighted by molar-refractivity contribution is 5.33. The van der Waals surface area contributed by atoms with Gasteiger partial charge in [-0.2, -0.15) is 0 Å². The average Bonchev–Trinajstić information content (AvgIpc) is 2.34. The van der Waals surface area contributed by atoms with Crippen molar-refractivity contribution in [2.45, 2.75) is 39.0 Å². The Morgan fingerprint density at radius 1 is 0.875 bits per heavy atom. The molecule has 0 heteroatoms. The van der Waals surface area contributed by atoms with Gasteiger partial charge in [-0.15, -0.1) is 11.8 Å². The summed E-state index contributed by atoms with van der Waals surface area (Å²) in [5.74, 6) is 12.6. The molecule has 0 heterocycles. The molecule has 0 unspecified atom stereocenters. The minimum atomic E-state index is 0.869. The van der Waals surface area contributed by atoms with Crippen molar-refractivity contribution >= 4 is 0 Å². The Bertz CT molecular complexity index is 392. The van der Waals surface area contributed by atoms with Crippen LogP contribution in [0.2, 0.25) is 0 Å². The van der Waals surface area contributed by atoms with Gasteiger partial charge < -0.3 is 0 Å². The van der Waals surface area contributed by atoms with E-state index in [9.17, 15) is 0 Å². The zero-order valence-corrected chi connectivity index (χ0v) is 9.92. The van der Waals surface area contributed by atoms with Crippen molar-refractivity contribution in [2.75, 3.05) is 0 Å². The van der Waals surface area contributed by atoms with Gasteiger partial charge in [0.1, 0.15) is 0 Å². The van der Waals surface area contributed by atoms with Crippen LogP contribution in [-0.2, 0) is 0 Å². The summed E-state index contributed by atoms with van der Waals surface area (Å²) in [6, 6.07) is 10.1. The van der Waals surface area contributed by atoms with E-state index in [1.807, 2.05) is 30.3 Å². The van der Waals surface area contributed by atoms with Crippen LogP contribution < -0.4 is 0 Å². The minimum Gasteiger partial charge on any atom is -0.103 e. The molecular weight excluding hydrogens is 192 g/mol. The normalized spacial score (nSPS) is 8.56. The van der Waals surface area contributed by atoms with Crippen molar-refractivity contribution in [1.82, 2.24) is 0 Å². The fourth-order valence-electron chi connectivity index (χ4n) is 1.25. The fraction of sp³-hybridized carbons (Fsp3) is 0.375. The van der Waals surface area contributed by atoms with Crippen molar-refractivity contribution in [1.29, 1.82) is 0 Å². The fourth-order valence-corrected chi connectivity index (χ4v) is 1.25. The van der Waals surface area contributed by atoms with Gasteiger partial charge in [0.25, 0.3) is 0 Å². The Balaban J connectivity index is 2.20. The number of rotatable bonds is 3. The number of unbranched alkanes of at least 4 members (excludes halogenated alkanes) is 3. The first-order valence-electron chi connectivity index (χ1n) is 5.93. The lowest BCUT2D eigenvalue weighted by Crippen LogP contribution is -1.72. The molecule has 0 N–H and O–H groups in total. The Labute approximate surface area is 99.1 Å². The van der Waals surface area contributed by atoms with Crippen LogP contribution in [0.1, 0.15) is 44.6 Å². The van der Waals surface area contributed by atoms with Gasteiger partial charge in [-0.05, 0) is 18.6 Å². The van der Waals surface area contributed by atoms with Gasteiger partial charge in [0, 0.05) is 24.8 Å². The molecular formula is C16H18. The largest absolute Gasteiger partial charge is 0.103 e. The highest BCUT2D eigenvalue weighted by Crippen LogP contribution is 1.96. The van der Waals surface area contributed by atoms with E-state index in [0.717, 1.165) is 24.8 Å². The van der Waals surface area contributed by atoms with Crippen LogP contribution in [0.5, 0.6) is 0 Å². The maximum absolute atomic E-state index is 3.17. The summed E-state index contributed by atoms with van der Waals surface area (Å²) >= 11 is 0. The molecule has 0 aliphatic heterocycles. The van der Waals surface area contributed by atoms with Crippen LogP contribution in [0, 0.1) is 23.7 Å². The van der Waals surface area contributed by atoms with E-state index in [0.29, 0.717) is 0 Å². The number of hydrogen-bond acceptors (Lipinski definition) is 0. The summed E-state index contributed by atoms with van der Waals surface area (Å²) in [5.41, 5.74) is 1.08. The van der Waals surface area contributed by atoms with Crippen molar-refractivity contribution < 1.29 is 0 Å². The third kappa shape index (κ3) is 5.94. The van der Waals surface area contributed by atoms with Crippen molar-refractivity contribution in [3.63, 3.8) is 0 Å². The van der Waals surface area contributed by atoms with Gasteiger partial charge in [0.15, 0.2) is 0 Å². The van der Waals surface area contributed by atoms with Gasteiger partial charge in [-0.1, -0.05) is 43.4 Å². The third-order valence-electron chi connectivity index (χ3n) is 2.16. The first kappa shape index (κ1) is 12.4. The summed E-state index contributed by atoms with van der Waals surface area (Å²) < 4.78 is 0. The van der Waals surface area contributed by atoms with Crippen molar-refractivity contribution in [3.8, 4) is 23.7 Å². The Morgan fingerprint density at radius 2 is 1.56 bits per heavy atom. The standard InChI is InChI=1S/C16H18/c1-2-3-4-5-6-7-8-10-13-16-14-11-9-12-15-16/h9,11-12,14-15H,2-4,7-8H2,1H3. The molecule has 0 amide bonds. The van der Waals surface area contributed by atoms with Crippen LogP contribution in [0.25, 0.3) is 0 Å². The van der Waals surface area contributed by atoms with E-state index in [1.165, 1.54) is 12.8 Å². The maximum atomic E-state index is 3.17. The Hall–Kier alpha value is -1.66. The number of benzene rings is 1. The maximum Gasteiger partial charge on any atom is 0.0245 e. The first-order chi connectivity index (χ1) is 7.93. The lowest BCUT2D eigenvalue weighted by molar-refractivity contribution is 0.827. The molecule has 0 aromatic heterocycles. The van der Waals surface area contributed by atoms with Crippen molar-refractivity contribution in [2.24, 2.45) is 0 Å². The summed E-state index contributed by atoms with van der Waals surface area (Å²) in [6.07, 6.45) is 5.23. The highest BCUT2D eigenvalue weighted by Gasteiger charge is 1.81. The number of hydrogen-bond donors (Lipinski definition) is 0. The van der Waals surface area contributed by atoms with Gasteiger partial charge in [0.2, 0.25) is 0 Å². The van der Waals surface area contributed by atoms with E-state index in [2.05, 4.69) is 30.6 Å². The summed E-state index contributed by atoms with van der Waals surface area (Å²) in [7, 11) is 0. The van der Waals surface area contributed by atoms with E-state index >= 15 is 0 Å². The second kappa shape index (κ2) is 8.63. The second-order valence-corrected chi connectivity index (χ2v) is 3.62. The SMILES string of the molecule is CCCCC#CCCC#Cc1ccccc1. The molecule has 1 aromatic carbocycles. The van der Waals surface area contributed by atoms with Crippen LogP contribution in [0.3, 0.4) is 0 Å². The predicted octanol–water partition coefficient (Wildman–Crippen LogP) is 4.01. The monoisotopic (exact) mass is 210 g/mol. The molecule has 0 aliphatic carbocycles. The van der Waals surface area contributed by atoms with Gasteiger partial charge in [-0.3, -0.25) is 0 Å². The molecule has 1 aromatic rings. The Morgan fingerprint density at radius 3 is 2.31 bits per heavy atom. The van der Waals surface area contributed by atoms with E-state index in [4.69, 9.17) is 0 Å². The molecule has 0 aliphatic rings. The van der Waals surface area contributed by atoms with Crippen LogP contribution in [-0.4, -0.2) is 0 Å². The summed E-state index contributed by atoms with van der Waals surface area (Å²) in [6.45, 7) is 2.19. The van der Waals surface area contributed by atoms with Gasteiger partial charge >= 0.3 is 0 Å². The lowest BCUT2D eigenvalue weighted by atomic mass is 10.2. The van der Waals surface area contributed by atoms with Crippen LogP contribution in [0.4, 0.5) is 0 Å². The second-order valence-electron chi connectivity index (χ2n) is 3.62. The average molecular weight is 210 g/mol. The van der Waals surface area contributed by atoms with Crippen LogP contribution >= 0.6 is 0 Å². The lowest BCUT2D eigenvalue weighted by Gasteiger charge is -1.86. The first-order valence-corrected chi connectivity index (χ1v) is 5.93. The van der Waals surface area contributed by atoms with Crippen molar-refractivity contribution in [3.05, 3.63) is 35.9 Å². The Kier molecular flexibility index (Phi) is 6.70. The van der Waals surface area contributed by atoms with E-state index in [-0.39, 0.29) is 0 Å². The van der Waals surface area contributed by atoms with E-state index in [1.54, 1.807) is 0 Å².